The minimum atomic E-state index is -3.50. The molecule has 33 heavy (non-hydrogen) atoms. The van der Waals surface area contributed by atoms with Crippen molar-refractivity contribution in [3.05, 3.63) is 69.6 Å². The largest absolute Gasteiger partial charge is 0.351 e. The molecule has 1 aromatic heterocycles. The molecule has 0 atom stereocenters. The SMILES string of the molecule is CC(C)CC(=O)Cn1c(-c2cccc(Cl)c2)nn(-c2ccc(CCOS(C)(=O)=O)cc2)c1=O. The van der Waals surface area contributed by atoms with Gasteiger partial charge in [0.1, 0.15) is 0 Å². The minimum Gasteiger partial charge on any atom is -0.298 e. The Morgan fingerprint density at radius 3 is 2.45 bits per heavy atom. The van der Waals surface area contributed by atoms with E-state index in [-0.39, 0.29) is 24.9 Å². The molecule has 0 N–H and O–H groups in total. The van der Waals surface area contributed by atoms with Crippen LogP contribution in [0.25, 0.3) is 17.1 Å². The van der Waals surface area contributed by atoms with E-state index in [1.54, 1.807) is 48.5 Å². The number of aromatic nitrogens is 3. The van der Waals surface area contributed by atoms with Gasteiger partial charge in [0.05, 0.1) is 25.1 Å². The summed E-state index contributed by atoms with van der Waals surface area (Å²) < 4.78 is 29.6. The second-order valence-corrected chi connectivity index (χ2v) is 10.3. The third kappa shape index (κ3) is 6.86. The van der Waals surface area contributed by atoms with Crippen molar-refractivity contribution in [3.63, 3.8) is 0 Å². The molecular weight excluding hydrogens is 466 g/mol. The van der Waals surface area contributed by atoms with Gasteiger partial charge in [0, 0.05) is 17.0 Å². The Balaban J connectivity index is 1.94. The van der Waals surface area contributed by atoms with E-state index in [0.717, 1.165) is 11.8 Å². The number of halogens is 1. The lowest BCUT2D eigenvalue weighted by Gasteiger charge is -2.07. The van der Waals surface area contributed by atoms with Crippen molar-refractivity contribution >= 4 is 27.5 Å². The molecule has 0 amide bonds. The number of benzene rings is 2. The summed E-state index contributed by atoms with van der Waals surface area (Å²) in [5.41, 5.74) is 1.56. The Bertz CT molecular complexity index is 1290. The van der Waals surface area contributed by atoms with Gasteiger partial charge in [-0.3, -0.25) is 13.5 Å². The quantitative estimate of drug-likeness (QED) is 0.402. The summed E-state index contributed by atoms with van der Waals surface area (Å²) in [6.07, 6.45) is 1.76. The fourth-order valence-electron chi connectivity index (χ4n) is 3.36. The highest BCUT2D eigenvalue weighted by Crippen LogP contribution is 2.21. The molecule has 176 valence electrons. The van der Waals surface area contributed by atoms with E-state index in [2.05, 4.69) is 5.10 Å². The van der Waals surface area contributed by atoms with Gasteiger partial charge >= 0.3 is 5.69 Å². The Morgan fingerprint density at radius 1 is 1.15 bits per heavy atom. The number of carbonyl (C=O) groups is 1. The highest BCUT2D eigenvalue weighted by atomic mass is 35.5. The average molecular weight is 492 g/mol. The maximum absolute atomic E-state index is 13.2. The first kappa shape index (κ1) is 24.9. The summed E-state index contributed by atoms with van der Waals surface area (Å²) in [5, 5.41) is 5.00. The number of rotatable bonds is 10. The monoisotopic (exact) mass is 491 g/mol. The number of hydrogen-bond acceptors (Lipinski definition) is 6. The molecule has 0 aliphatic heterocycles. The molecule has 8 nitrogen and oxygen atoms in total. The van der Waals surface area contributed by atoms with Crippen LogP contribution in [0.2, 0.25) is 5.02 Å². The highest BCUT2D eigenvalue weighted by molar-refractivity contribution is 7.85. The zero-order chi connectivity index (χ0) is 24.2. The minimum absolute atomic E-state index is 0.0314. The summed E-state index contributed by atoms with van der Waals surface area (Å²) >= 11 is 6.14. The van der Waals surface area contributed by atoms with E-state index >= 15 is 0 Å². The maximum atomic E-state index is 13.2. The first-order valence-corrected chi connectivity index (χ1v) is 12.6. The summed E-state index contributed by atoms with van der Waals surface area (Å²) in [7, 11) is -3.50. The van der Waals surface area contributed by atoms with E-state index in [0.29, 0.717) is 34.9 Å². The van der Waals surface area contributed by atoms with Crippen molar-refractivity contribution in [3.8, 4) is 17.1 Å². The van der Waals surface area contributed by atoms with E-state index in [1.165, 1.54) is 9.25 Å². The number of hydrogen-bond donors (Lipinski definition) is 0. The normalized spacial score (nSPS) is 11.8. The van der Waals surface area contributed by atoms with Gasteiger partial charge in [-0.25, -0.2) is 4.79 Å². The van der Waals surface area contributed by atoms with Crippen LogP contribution in [-0.2, 0) is 32.1 Å². The number of ketones is 1. The van der Waals surface area contributed by atoms with Crippen LogP contribution in [0.4, 0.5) is 0 Å². The molecule has 3 rings (SSSR count). The number of carbonyl (C=O) groups excluding carboxylic acids is 1. The molecule has 0 aliphatic carbocycles. The lowest BCUT2D eigenvalue weighted by molar-refractivity contribution is -0.120. The molecule has 2 aromatic carbocycles. The fraction of sp³-hybridized carbons (Fsp3) is 0.348. The van der Waals surface area contributed by atoms with Gasteiger partial charge in [0.25, 0.3) is 10.1 Å². The Labute approximate surface area is 197 Å². The lowest BCUT2D eigenvalue weighted by Crippen LogP contribution is -2.27. The molecule has 0 unspecified atom stereocenters. The predicted octanol–water partition coefficient (Wildman–Crippen LogP) is 3.49. The molecule has 10 heteroatoms. The second-order valence-electron chi connectivity index (χ2n) is 8.19. The van der Waals surface area contributed by atoms with Gasteiger partial charge in [-0.05, 0) is 42.2 Å². The Kier molecular flexibility index (Phi) is 7.88. The molecule has 0 spiro atoms. The summed E-state index contributed by atoms with van der Waals surface area (Å²) in [6, 6.07) is 13.9. The standard InChI is InChI=1S/C23H26ClN3O5S/c1-16(2)13-21(28)15-26-22(18-5-4-6-19(24)14-18)25-27(23(26)29)20-9-7-17(8-10-20)11-12-32-33(3,30)31/h4-10,14,16H,11-13,15H2,1-3H3. The van der Waals surface area contributed by atoms with E-state index in [9.17, 15) is 18.0 Å². The molecule has 3 aromatic rings. The van der Waals surface area contributed by atoms with Crippen LogP contribution < -0.4 is 5.69 Å². The molecule has 1 heterocycles. The van der Waals surface area contributed by atoms with Crippen molar-refractivity contribution in [1.29, 1.82) is 0 Å². The van der Waals surface area contributed by atoms with Gasteiger partial charge < -0.3 is 0 Å². The Hall–Kier alpha value is -2.75. The van der Waals surface area contributed by atoms with Crippen molar-refractivity contribution in [1.82, 2.24) is 14.3 Å². The third-order valence-electron chi connectivity index (χ3n) is 4.78. The zero-order valence-corrected chi connectivity index (χ0v) is 20.3. The van der Waals surface area contributed by atoms with Crippen LogP contribution in [-0.4, -0.2) is 41.4 Å². The van der Waals surface area contributed by atoms with E-state index in [4.69, 9.17) is 15.8 Å². The summed E-state index contributed by atoms with van der Waals surface area (Å²) in [6.45, 7) is 3.85. The number of Topliss-reactive ketones (excluding diaryl/α,β-unsaturated/α-hetero) is 1. The van der Waals surface area contributed by atoms with Gasteiger partial charge in [0.2, 0.25) is 0 Å². The van der Waals surface area contributed by atoms with Gasteiger partial charge in [0.15, 0.2) is 11.6 Å². The van der Waals surface area contributed by atoms with Crippen molar-refractivity contribution < 1.29 is 17.4 Å². The van der Waals surface area contributed by atoms with Crippen LogP contribution in [0, 0.1) is 5.92 Å². The van der Waals surface area contributed by atoms with E-state index in [1.807, 2.05) is 13.8 Å². The smallest absolute Gasteiger partial charge is 0.298 e. The molecule has 0 fully saturated rings. The zero-order valence-electron chi connectivity index (χ0n) is 18.7. The van der Waals surface area contributed by atoms with Crippen molar-refractivity contribution in [2.75, 3.05) is 12.9 Å². The van der Waals surface area contributed by atoms with Gasteiger partial charge in [-0.15, -0.1) is 5.10 Å². The van der Waals surface area contributed by atoms with Gasteiger partial charge in [-0.2, -0.15) is 13.1 Å². The molecule has 0 saturated carbocycles. The Morgan fingerprint density at radius 2 is 1.85 bits per heavy atom. The van der Waals surface area contributed by atoms with Crippen LogP contribution in [0.3, 0.4) is 0 Å². The topological polar surface area (TPSA) is 100 Å². The van der Waals surface area contributed by atoms with Crippen molar-refractivity contribution in [2.45, 2.75) is 33.2 Å². The number of nitrogens with zero attached hydrogens (tertiary/aromatic N) is 3. The molecular formula is C23H26ClN3O5S. The van der Waals surface area contributed by atoms with Crippen LogP contribution in [0.15, 0.2) is 53.3 Å². The molecule has 0 saturated heterocycles. The van der Waals surface area contributed by atoms with Crippen LogP contribution in [0.5, 0.6) is 0 Å². The van der Waals surface area contributed by atoms with Crippen LogP contribution in [0.1, 0.15) is 25.8 Å². The predicted molar refractivity (Wildman–Crippen MR) is 127 cm³/mol. The van der Waals surface area contributed by atoms with Crippen molar-refractivity contribution in [2.24, 2.45) is 5.92 Å². The van der Waals surface area contributed by atoms with E-state index < -0.39 is 15.8 Å². The molecule has 0 aliphatic rings. The third-order valence-corrected chi connectivity index (χ3v) is 5.61. The van der Waals surface area contributed by atoms with Crippen LogP contribution >= 0.6 is 11.6 Å². The summed E-state index contributed by atoms with van der Waals surface area (Å²) in [5.74, 6) is 0.471. The molecule has 0 bridgehead atoms. The van der Waals surface area contributed by atoms with Gasteiger partial charge in [-0.1, -0.05) is 49.7 Å². The summed E-state index contributed by atoms with van der Waals surface area (Å²) in [4.78, 5) is 25.7. The first-order valence-electron chi connectivity index (χ1n) is 10.4. The highest BCUT2D eigenvalue weighted by Gasteiger charge is 2.19. The fourth-order valence-corrected chi connectivity index (χ4v) is 3.94. The maximum Gasteiger partial charge on any atom is 0.351 e. The second kappa shape index (κ2) is 10.5. The average Bonchev–Trinajstić information content (AvgIpc) is 3.03. The lowest BCUT2D eigenvalue weighted by atomic mass is 10.1. The first-order chi connectivity index (χ1) is 15.5. The molecule has 0 radical (unpaired) electrons.